The van der Waals surface area contributed by atoms with Gasteiger partial charge in [0.25, 0.3) is 5.91 Å². The van der Waals surface area contributed by atoms with Crippen molar-refractivity contribution in [3.05, 3.63) is 29.3 Å². The number of benzene rings is 1. The SMILES string of the molecule is COC(=O)[C@H]1C[C@H](OC)CN1C(=O)C(C)(C)Oc1ccc(Cl)cc1. The summed E-state index contributed by atoms with van der Waals surface area (Å²) in [6, 6.07) is 6.09. The summed E-state index contributed by atoms with van der Waals surface area (Å²) in [5.41, 5.74) is -1.15. The van der Waals surface area contributed by atoms with Crippen LogP contribution in [0.2, 0.25) is 5.02 Å². The maximum atomic E-state index is 12.9. The van der Waals surface area contributed by atoms with Crippen molar-refractivity contribution in [2.24, 2.45) is 0 Å². The van der Waals surface area contributed by atoms with Crippen molar-refractivity contribution in [3.8, 4) is 5.75 Å². The van der Waals surface area contributed by atoms with E-state index in [4.69, 9.17) is 25.8 Å². The molecule has 0 bridgehead atoms. The molecule has 0 saturated carbocycles. The molecule has 1 amide bonds. The summed E-state index contributed by atoms with van der Waals surface area (Å²) in [5.74, 6) is -0.229. The smallest absolute Gasteiger partial charge is 0.328 e. The molecular formula is C17H22ClNO5. The molecule has 2 atom stereocenters. The van der Waals surface area contributed by atoms with E-state index in [1.807, 2.05) is 0 Å². The normalized spacial score (nSPS) is 20.8. The van der Waals surface area contributed by atoms with Crippen molar-refractivity contribution >= 4 is 23.5 Å². The van der Waals surface area contributed by atoms with Gasteiger partial charge in [-0.15, -0.1) is 0 Å². The molecule has 1 saturated heterocycles. The van der Waals surface area contributed by atoms with Crippen molar-refractivity contribution in [1.29, 1.82) is 0 Å². The van der Waals surface area contributed by atoms with Gasteiger partial charge in [-0.25, -0.2) is 4.79 Å². The summed E-state index contributed by atoms with van der Waals surface area (Å²) in [5, 5.41) is 0.583. The van der Waals surface area contributed by atoms with Crippen LogP contribution in [-0.4, -0.2) is 55.3 Å². The van der Waals surface area contributed by atoms with Gasteiger partial charge in [-0.3, -0.25) is 4.79 Å². The molecule has 6 nitrogen and oxygen atoms in total. The van der Waals surface area contributed by atoms with Gasteiger partial charge in [-0.1, -0.05) is 11.6 Å². The highest BCUT2D eigenvalue weighted by Crippen LogP contribution is 2.27. The number of carbonyl (C=O) groups excluding carboxylic acids is 2. The van der Waals surface area contributed by atoms with Gasteiger partial charge in [0.1, 0.15) is 11.8 Å². The lowest BCUT2D eigenvalue weighted by Crippen LogP contribution is -2.52. The summed E-state index contributed by atoms with van der Waals surface area (Å²) in [6.45, 7) is 3.65. The summed E-state index contributed by atoms with van der Waals surface area (Å²) < 4.78 is 15.9. The minimum absolute atomic E-state index is 0.204. The quantitative estimate of drug-likeness (QED) is 0.758. The fourth-order valence-electron chi connectivity index (χ4n) is 2.74. The molecule has 1 aliphatic heterocycles. The van der Waals surface area contributed by atoms with Crippen molar-refractivity contribution in [1.82, 2.24) is 4.90 Å². The predicted molar refractivity (Wildman–Crippen MR) is 89.1 cm³/mol. The lowest BCUT2D eigenvalue weighted by molar-refractivity contribution is -0.156. The van der Waals surface area contributed by atoms with Gasteiger partial charge >= 0.3 is 5.97 Å². The monoisotopic (exact) mass is 355 g/mol. The Morgan fingerprint density at radius 1 is 1.21 bits per heavy atom. The molecule has 1 aromatic rings. The third-order valence-electron chi connectivity index (χ3n) is 4.03. The summed E-state index contributed by atoms with van der Waals surface area (Å²) >= 11 is 5.85. The number of nitrogens with zero attached hydrogens (tertiary/aromatic N) is 1. The Morgan fingerprint density at radius 2 is 1.83 bits per heavy atom. The fraction of sp³-hybridized carbons (Fsp3) is 0.529. The van der Waals surface area contributed by atoms with Crippen molar-refractivity contribution in [2.75, 3.05) is 20.8 Å². The molecule has 132 valence electrons. The molecule has 1 fully saturated rings. The van der Waals surface area contributed by atoms with Crippen molar-refractivity contribution in [2.45, 2.75) is 38.0 Å². The molecule has 0 aromatic heterocycles. The average molecular weight is 356 g/mol. The van der Waals surface area contributed by atoms with E-state index in [-0.39, 0.29) is 12.0 Å². The second-order valence-electron chi connectivity index (χ2n) is 6.16. The Hall–Kier alpha value is -1.79. The average Bonchev–Trinajstić information content (AvgIpc) is 2.99. The Kier molecular flexibility index (Phi) is 5.72. The highest BCUT2D eigenvalue weighted by Gasteiger charge is 2.46. The molecule has 0 aliphatic carbocycles. The summed E-state index contributed by atoms with van der Waals surface area (Å²) in [7, 11) is 2.86. The number of methoxy groups -OCH3 is 2. The van der Waals surface area contributed by atoms with E-state index in [2.05, 4.69) is 0 Å². The summed E-state index contributed by atoms with van der Waals surface area (Å²) in [4.78, 5) is 26.4. The van der Waals surface area contributed by atoms with Crippen LogP contribution in [-0.2, 0) is 19.1 Å². The molecule has 7 heteroatoms. The second-order valence-corrected chi connectivity index (χ2v) is 6.59. The van der Waals surface area contributed by atoms with Crippen molar-refractivity contribution < 1.29 is 23.8 Å². The number of hydrogen-bond donors (Lipinski definition) is 0. The van der Waals surface area contributed by atoms with Gasteiger partial charge in [-0.05, 0) is 38.1 Å². The minimum atomic E-state index is -1.15. The second kappa shape index (κ2) is 7.40. The van der Waals surface area contributed by atoms with Crippen LogP contribution in [0, 0.1) is 0 Å². The lowest BCUT2D eigenvalue weighted by Gasteiger charge is -2.32. The Labute approximate surface area is 146 Å². The van der Waals surface area contributed by atoms with E-state index < -0.39 is 17.6 Å². The first-order valence-corrected chi connectivity index (χ1v) is 8.02. The van der Waals surface area contributed by atoms with Gasteiger partial charge in [0.05, 0.1) is 13.2 Å². The van der Waals surface area contributed by atoms with Crippen LogP contribution in [0.1, 0.15) is 20.3 Å². The minimum Gasteiger partial charge on any atom is -0.478 e. The maximum Gasteiger partial charge on any atom is 0.328 e. The van der Waals surface area contributed by atoms with Gasteiger partial charge < -0.3 is 19.1 Å². The zero-order valence-corrected chi connectivity index (χ0v) is 15.0. The fourth-order valence-corrected chi connectivity index (χ4v) is 2.86. The first-order chi connectivity index (χ1) is 11.3. The van der Waals surface area contributed by atoms with Gasteiger partial charge in [0, 0.05) is 25.1 Å². The largest absolute Gasteiger partial charge is 0.478 e. The molecule has 2 rings (SSSR count). The molecule has 1 heterocycles. The Morgan fingerprint density at radius 3 is 2.38 bits per heavy atom. The van der Waals surface area contributed by atoms with E-state index in [1.165, 1.54) is 12.0 Å². The number of rotatable bonds is 5. The number of esters is 1. The topological polar surface area (TPSA) is 65.1 Å². The maximum absolute atomic E-state index is 12.9. The van der Waals surface area contributed by atoms with E-state index in [9.17, 15) is 9.59 Å². The van der Waals surface area contributed by atoms with Gasteiger partial charge in [0.15, 0.2) is 5.60 Å². The Balaban J connectivity index is 2.17. The van der Waals surface area contributed by atoms with Crippen LogP contribution in [0.15, 0.2) is 24.3 Å². The number of hydrogen-bond acceptors (Lipinski definition) is 5. The number of ether oxygens (including phenoxy) is 3. The van der Waals surface area contributed by atoms with E-state index in [1.54, 1.807) is 45.2 Å². The highest BCUT2D eigenvalue weighted by atomic mass is 35.5. The third-order valence-corrected chi connectivity index (χ3v) is 4.28. The molecule has 24 heavy (non-hydrogen) atoms. The first kappa shape index (κ1) is 18.5. The molecule has 0 radical (unpaired) electrons. The molecule has 0 spiro atoms. The molecule has 1 aliphatic rings. The molecule has 0 unspecified atom stereocenters. The Bertz CT molecular complexity index is 602. The predicted octanol–water partition coefficient (Wildman–Crippen LogP) is 2.29. The summed E-state index contributed by atoms with van der Waals surface area (Å²) in [6.07, 6.45) is 0.204. The van der Waals surface area contributed by atoms with Crippen LogP contribution in [0.4, 0.5) is 0 Å². The third kappa shape index (κ3) is 3.99. The highest BCUT2D eigenvalue weighted by molar-refractivity contribution is 6.30. The lowest BCUT2D eigenvalue weighted by atomic mass is 10.1. The zero-order valence-electron chi connectivity index (χ0n) is 14.2. The van der Waals surface area contributed by atoms with Crippen molar-refractivity contribution in [3.63, 3.8) is 0 Å². The molecular weight excluding hydrogens is 334 g/mol. The first-order valence-electron chi connectivity index (χ1n) is 7.64. The van der Waals surface area contributed by atoms with Gasteiger partial charge in [-0.2, -0.15) is 0 Å². The number of likely N-dealkylation sites (tertiary alicyclic amines) is 1. The zero-order chi connectivity index (χ0) is 17.9. The van der Waals surface area contributed by atoms with Crippen LogP contribution in [0.3, 0.4) is 0 Å². The van der Waals surface area contributed by atoms with Crippen LogP contribution in [0.5, 0.6) is 5.75 Å². The van der Waals surface area contributed by atoms with Crippen LogP contribution >= 0.6 is 11.6 Å². The van der Waals surface area contributed by atoms with Crippen LogP contribution < -0.4 is 4.74 Å². The number of amides is 1. The molecule has 0 N–H and O–H groups in total. The van der Waals surface area contributed by atoms with E-state index >= 15 is 0 Å². The van der Waals surface area contributed by atoms with Crippen LogP contribution in [0.25, 0.3) is 0 Å². The van der Waals surface area contributed by atoms with Gasteiger partial charge in [0.2, 0.25) is 0 Å². The van der Waals surface area contributed by atoms with E-state index in [0.717, 1.165) is 0 Å². The standard InChI is InChI=1S/C17H22ClNO5/c1-17(2,24-12-7-5-11(18)6-8-12)16(21)19-10-13(22-3)9-14(19)15(20)23-4/h5-8,13-14H,9-10H2,1-4H3/t13-,14+/m0/s1. The number of halogens is 1. The van der Waals surface area contributed by atoms with E-state index in [0.29, 0.717) is 23.7 Å². The number of carbonyl (C=O) groups is 2. The molecule has 1 aromatic carbocycles.